The van der Waals surface area contributed by atoms with Crippen molar-refractivity contribution in [3.05, 3.63) is 52.3 Å². The number of rotatable bonds is 2. The molecule has 0 unspecified atom stereocenters. The maximum atomic E-state index is 4.82. The van der Waals surface area contributed by atoms with Crippen molar-refractivity contribution in [1.82, 2.24) is 0 Å². The first-order valence-corrected chi connectivity index (χ1v) is 13.1. The van der Waals surface area contributed by atoms with Gasteiger partial charge < -0.3 is 4.65 Å². The standard InChI is InChI=1S/C8H6.C6H18NSi2.K/c1-3-7-5-2-6-8(7)4-1;1-8(2,3)7-9(4,5)6;/h1-6H;1-6H3;/q;-1;+1. The molecule has 0 fully saturated rings. The van der Waals surface area contributed by atoms with E-state index in [2.05, 4.69) is 75.7 Å². The van der Waals surface area contributed by atoms with Crippen LogP contribution in [0.1, 0.15) is 0 Å². The smallest absolute Gasteiger partial charge is 0.668 e. The fourth-order valence-electron chi connectivity index (χ4n) is 2.01. The van der Waals surface area contributed by atoms with E-state index in [9.17, 15) is 0 Å². The first kappa shape index (κ1) is 19.0. The van der Waals surface area contributed by atoms with Crippen LogP contribution in [-0.2, 0) is 0 Å². The fourth-order valence-corrected chi connectivity index (χ4v) is 10.1. The molecule has 0 aromatic rings. The number of nitrogens with zero attached hydrogens (tertiary/aromatic N) is 1. The third-order valence-electron chi connectivity index (χ3n) is 2.11. The maximum Gasteiger partial charge on any atom is 1.00 e. The van der Waals surface area contributed by atoms with Crippen molar-refractivity contribution >= 4 is 16.5 Å². The maximum absolute atomic E-state index is 4.82. The van der Waals surface area contributed by atoms with Gasteiger partial charge in [-0.2, -0.15) is 0 Å². The van der Waals surface area contributed by atoms with Gasteiger partial charge in [0.2, 0.25) is 0 Å². The van der Waals surface area contributed by atoms with Gasteiger partial charge in [0.05, 0.1) is 0 Å². The van der Waals surface area contributed by atoms with Crippen molar-refractivity contribution in [2.24, 2.45) is 0 Å². The van der Waals surface area contributed by atoms with E-state index in [1.165, 1.54) is 11.1 Å². The Hall–Kier alpha value is 0.990. The fraction of sp³-hybridized carbons (Fsp3) is 0.429. The monoisotopic (exact) mass is 301 g/mol. The van der Waals surface area contributed by atoms with E-state index in [1.54, 1.807) is 0 Å². The predicted molar refractivity (Wildman–Crippen MR) is 84.5 cm³/mol. The molecule has 0 aromatic carbocycles. The molecular weight excluding hydrogens is 277 g/mol. The van der Waals surface area contributed by atoms with E-state index in [4.69, 9.17) is 4.65 Å². The van der Waals surface area contributed by atoms with Crippen LogP contribution in [0.5, 0.6) is 0 Å². The molecule has 4 heteroatoms. The van der Waals surface area contributed by atoms with Gasteiger partial charge in [-0.15, -0.1) is 0 Å². The first-order chi connectivity index (χ1) is 7.67. The molecule has 0 bridgehead atoms. The number of hydrogen-bond donors (Lipinski definition) is 0. The number of allylic oxidation sites excluding steroid dienone is 8. The molecule has 0 N–H and O–H groups in total. The third-order valence-corrected chi connectivity index (χ3v) is 7.47. The number of hydrogen-bond acceptors (Lipinski definition) is 0. The molecule has 1 nitrogen and oxygen atoms in total. The van der Waals surface area contributed by atoms with Gasteiger partial charge >= 0.3 is 51.4 Å². The molecule has 0 atom stereocenters. The van der Waals surface area contributed by atoms with Crippen molar-refractivity contribution < 1.29 is 51.4 Å². The van der Waals surface area contributed by atoms with Crippen LogP contribution in [0.3, 0.4) is 0 Å². The quantitative estimate of drug-likeness (QED) is 0.693. The third kappa shape index (κ3) is 8.22. The Morgan fingerprint density at radius 3 is 1.28 bits per heavy atom. The van der Waals surface area contributed by atoms with Crippen LogP contribution in [0.4, 0.5) is 0 Å². The second-order valence-electron chi connectivity index (χ2n) is 6.42. The van der Waals surface area contributed by atoms with Gasteiger partial charge in [0.25, 0.3) is 0 Å². The molecule has 0 amide bonds. The summed E-state index contributed by atoms with van der Waals surface area (Å²) in [6, 6.07) is 0. The van der Waals surface area contributed by atoms with E-state index in [-0.39, 0.29) is 51.4 Å². The molecule has 0 aromatic heterocycles. The largest absolute Gasteiger partial charge is 1.00 e. The van der Waals surface area contributed by atoms with Crippen LogP contribution in [0, 0.1) is 0 Å². The summed E-state index contributed by atoms with van der Waals surface area (Å²) < 4.78 is 4.82. The van der Waals surface area contributed by atoms with Crippen molar-refractivity contribution in [3.8, 4) is 0 Å². The average molecular weight is 302 g/mol. The SMILES string of the molecule is C1=CC2=CC=CC2=C1.C[Si](C)(C)[N-][Si](C)(C)C.[K+]. The Morgan fingerprint density at radius 1 is 0.722 bits per heavy atom. The topological polar surface area (TPSA) is 14.1 Å². The van der Waals surface area contributed by atoms with Crippen molar-refractivity contribution in [2.75, 3.05) is 0 Å². The summed E-state index contributed by atoms with van der Waals surface area (Å²) >= 11 is 0. The van der Waals surface area contributed by atoms with Crippen molar-refractivity contribution in [2.45, 2.75) is 39.3 Å². The number of fused-ring (bicyclic) bond motifs is 1. The Kier molecular flexibility index (Phi) is 8.11. The predicted octanol–water partition coefficient (Wildman–Crippen LogP) is 2.01. The van der Waals surface area contributed by atoms with Crippen LogP contribution >= 0.6 is 0 Å². The Morgan fingerprint density at radius 2 is 1.06 bits per heavy atom. The van der Waals surface area contributed by atoms with E-state index < -0.39 is 16.5 Å². The zero-order valence-electron chi connectivity index (χ0n) is 12.9. The Labute approximate surface area is 157 Å². The van der Waals surface area contributed by atoms with E-state index in [0.717, 1.165) is 0 Å². The minimum Gasteiger partial charge on any atom is -0.668 e. The summed E-state index contributed by atoms with van der Waals surface area (Å²) in [6.07, 6.45) is 12.6. The summed E-state index contributed by atoms with van der Waals surface area (Å²) in [4.78, 5) is 0. The average Bonchev–Trinajstić information content (AvgIpc) is 2.53. The first-order valence-electron chi connectivity index (χ1n) is 6.19. The van der Waals surface area contributed by atoms with Crippen LogP contribution in [0.2, 0.25) is 39.3 Å². The summed E-state index contributed by atoms with van der Waals surface area (Å²) in [6.45, 7) is 13.8. The Balaban J connectivity index is 0.000000304. The molecule has 0 heterocycles. The van der Waals surface area contributed by atoms with Gasteiger partial charge in [-0.3, -0.25) is 0 Å². The van der Waals surface area contributed by atoms with Crippen molar-refractivity contribution in [3.63, 3.8) is 0 Å². The molecule has 2 aliphatic carbocycles. The molecule has 18 heavy (non-hydrogen) atoms. The summed E-state index contributed by atoms with van der Waals surface area (Å²) in [5.41, 5.74) is 2.70. The molecule has 2 aliphatic rings. The van der Waals surface area contributed by atoms with Crippen LogP contribution in [-0.4, -0.2) is 16.5 Å². The second kappa shape index (κ2) is 7.69. The van der Waals surface area contributed by atoms with Gasteiger partial charge in [-0.25, -0.2) is 0 Å². The minimum atomic E-state index is -1.11. The summed E-state index contributed by atoms with van der Waals surface area (Å²) in [5.74, 6) is 0. The minimum absolute atomic E-state index is 0. The molecule has 0 aliphatic heterocycles. The van der Waals surface area contributed by atoms with E-state index in [1.807, 2.05) is 0 Å². The molecule has 2 rings (SSSR count). The Bertz CT molecular complexity index is 355. The normalized spacial score (nSPS) is 16.3. The molecule has 0 saturated heterocycles. The molecular formula is C14H24KNSi2. The van der Waals surface area contributed by atoms with Crippen molar-refractivity contribution in [1.29, 1.82) is 0 Å². The second-order valence-corrected chi connectivity index (χ2v) is 16.0. The van der Waals surface area contributed by atoms with Crippen LogP contribution < -0.4 is 51.4 Å². The zero-order chi connectivity index (χ0) is 13.1. The van der Waals surface area contributed by atoms with E-state index in [0.29, 0.717) is 0 Å². The van der Waals surface area contributed by atoms with Crippen LogP contribution in [0.15, 0.2) is 47.6 Å². The van der Waals surface area contributed by atoms with E-state index >= 15 is 0 Å². The summed E-state index contributed by atoms with van der Waals surface area (Å²) in [7, 11) is -2.21. The molecule has 0 radical (unpaired) electrons. The molecule has 0 spiro atoms. The van der Waals surface area contributed by atoms with Gasteiger partial charge in [0, 0.05) is 0 Å². The molecule has 94 valence electrons. The van der Waals surface area contributed by atoms with Crippen LogP contribution in [0.25, 0.3) is 4.65 Å². The van der Waals surface area contributed by atoms with Gasteiger partial charge in [-0.1, -0.05) is 92.2 Å². The zero-order valence-corrected chi connectivity index (χ0v) is 18.0. The summed E-state index contributed by atoms with van der Waals surface area (Å²) in [5, 5.41) is 0. The van der Waals surface area contributed by atoms with Gasteiger partial charge in [0.1, 0.15) is 0 Å². The van der Waals surface area contributed by atoms with Gasteiger partial charge in [0.15, 0.2) is 0 Å². The molecule has 0 saturated carbocycles. The van der Waals surface area contributed by atoms with Gasteiger partial charge in [-0.05, 0) is 11.1 Å².